The Hall–Kier alpha value is -1.38. The average molecular weight is 445 g/mol. The van der Waals surface area contributed by atoms with Crippen molar-refractivity contribution < 1.29 is 10.2 Å². The molecular formula is C30H52O2. The predicted molar refractivity (Wildman–Crippen MR) is 143 cm³/mol. The van der Waals surface area contributed by atoms with Crippen molar-refractivity contribution in [2.45, 2.75) is 131 Å². The molecule has 0 radical (unpaired) electrons. The van der Waals surface area contributed by atoms with Crippen molar-refractivity contribution >= 4 is 0 Å². The number of hydrogen-bond acceptors (Lipinski definition) is 2. The Labute approximate surface area is 199 Å². The van der Waals surface area contributed by atoms with Gasteiger partial charge >= 0.3 is 0 Å². The number of unbranched alkanes of at least 4 members (excludes halogenated alkanes) is 1. The summed E-state index contributed by atoms with van der Waals surface area (Å²) >= 11 is 0. The fourth-order valence-corrected chi connectivity index (χ4v) is 3.60. The van der Waals surface area contributed by atoms with E-state index in [2.05, 4.69) is 78.8 Å². The van der Waals surface area contributed by atoms with Gasteiger partial charge < -0.3 is 10.2 Å². The molecule has 2 atom stereocenters. The highest BCUT2D eigenvalue weighted by atomic mass is 16.3. The van der Waals surface area contributed by atoms with Crippen LogP contribution in [-0.4, -0.2) is 21.9 Å². The topological polar surface area (TPSA) is 40.5 Å². The summed E-state index contributed by atoms with van der Waals surface area (Å²) in [5, 5.41) is 21.0. The number of aliphatic hydroxyl groups excluding tert-OH is 1. The number of aliphatic hydroxyl groups is 2. The van der Waals surface area contributed by atoms with Gasteiger partial charge in [0.15, 0.2) is 0 Å². The molecule has 0 aromatic carbocycles. The van der Waals surface area contributed by atoms with Crippen LogP contribution in [0.5, 0.6) is 0 Å². The molecule has 2 heteroatoms. The third kappa shape index (κ3) is 17.2. The third-order valence-electron chi connectivity index (χ3n) is 6.01. The SMILES string of the molecule is CC(C)=CCC/C(C)=C/CC/C(C)=C/CC/C=C(\C)CC[C@H](O)[C@](C)(O)CCC=C(C)C. The molecule has 0 heterocycles. The third-order valence-corrected chi connectivity index (χ3v) is 6.01. The van der Waals surface area contributed by atoms with Crippen molar-refractivity contribution in [3.8, 4) is 0 Å². The summed E-state index contributed by atoms with van der Waals surface area (Å²) in [6.45, 7) is 16.8. The van der Waals surface area contributed by atoms with E-state index in [0.717, 1.165) is 51.4 Å². The fraction of sp³-hybridized carbons (Fsp3) is 0.667. The van der Waals surface area contributed by atoms with Crippen molar-refractivity contribution in [2.24, 2.45) is 0 Å². The zero-order valence-corrected chi connectivity index (χ0v) is 22.4. The molecule has 0 aromatic heterocycles. The zero-order chi connectivity index (χ0) is 24.6. The van der Waals surface area contributed by atoms with Gasteiger partial charge in [-0.25, -0.2) is 0 Å². The molecule has 0 aliphatic heterocycles. The molecule has 184 valence electrons. The van der Waals surface area contributed by atoms with Crippen molar-refractivity contribution in [3.05, 3.63) is 58.2 Å². The van der Waals surface area contributed by atoms with Gasteiger partial charge in [0.1, 0.15) is 0 Å². The highest BCUT2D eigenvalue weighted by Gasteiger charge is 2.28. The lowest BCUT2D eigenvalue weighted by Gasteiger charge is -2.29. The quantitative estimate of drug-likeness (QED) is 0.184. The summed E-state index contributed by atoms with van der Waals surface area (Å²) in [5.74, 6) is 0. The van der Waals surface area contributed by atoms with Gasteiger partial charge in [-0.3, -0.25) is 0 Å². The second-order valence-electron chi connectivity index (χ2n) is 10.3. The lowest BCUT2D eigenvalue weighted by Crippen LogP contribution is -2.39. The molecule has 0 unspecified atom stereocenters. The van der Waals surface area contributed by atoms with E-state index in [0.29, 0.717) is 12.8 Å². The summed E-state index contributed by atoms with van der Waals surface area (Å²) in [6, 6.07) is 0. The highest BCUT2D eigenvalue weighted by molar-refractivity contribution is 5.06. The first-order valence-electron chi connectivity index (χ1n) is 12.6. The smallest absolute Gasteiger partial charge is 0.0880 e. The maximum Gasteiger partial charge on any atom is 0.0880 e. The van der Waals surface area contributed by atoms with Gasteiger partial charge in [-0.2, -0.15) is 0 Å². The van der Waals surface area contributed by atoms with Crippen LogP contribution in [0.15, 0.2) is 58.2 Å². The van der Waals surface area contributed by atoms with Gasteiger partial charge in [0, 0.05) is 0 Å². The van der Waals surface area contributed by atoms with Crippen LogP contribution in [0.3, 0.4) is 0 Å². The van der Waals surface area contributed by atoms with Gasteiger partial charge in [-0.05, 0) is 120 Å². The summed E-state index contributed by atoms with van der Waals surface area (Å²) in [5.41, 5.74) is 5.88. The predicted octanol–water partition coefficient (Wildman–Crippen LogP) is 8.77. The summed E-state index contributed by atoms with van der Waals surface area (Å²) in [4.78, 5) is 0. The molecule has 0 fully saturated rings. The van der Waals surface area contributed by atoms with Crippen LogP contribution in [0.1, 0.15) is 120 Å². The monoisotopic (exact) mass is 444 g/mol. The standard InChI is InChI=1S/C30H52O2/c1-24(2)14-11-18-27(6)20-12-19-26(5)16-9-10-17-28(7)21-22-29(31)30(8,32)23-13-15-25(3)4/h14-17,20,29,31-32H,9-13,18-19,21-23H2,1-8H3/b26-16+,27-20+,28-17+/t29-,30+/m0/s1. The molecular weight excluding hydrogens is 392 g/mol. The van der Waals surface area contributed by atoms with Crippen LogP contribution in [0.25, 0.3) is 0 Å². The summed E-state index contributed by atoms with van der Waals surface area (Å²) in [6.07, 6.45) is 20.3. The largest absolute Gasteiger partial charge is 0.390 e. The minimum Gasteiger partial charge on any atom is -0.390 e. The van der Waals surface area contributed by atoms with Crippen molar-refractivity contribution in [3.63, 3.8) is 0 Å². The van der Waals surface area contributed by atoms with E-state index in [4.69, 9.17) is 0 Å². The van der Waals surface area contributed by atoms with Gasteiger partial charge in [0.25, 0.3) is 0 Å². The van der Waals surface area contributed by atoms with E-state index in [1.54, 1.807) is 6.92 Å². The summed E-state index contributed by atoms with van der Waals surface area (Å²) < 4.78 is 0. The maximum absolute atomic E-state index is 10.5. The first kappa shape index (κ1) is 30.6. The lowest BCUT2D eigenvalue weighted by molar-refractivity contribution is -0.0691. The molecule has 32 heavy (non-hydrogen) atoms. The molecule has 0 amide bonds. The van der Waals surface area contributed by atoms with Gasteiger partial charge in [0.2, 0.25) is 0 Å². The normalized spacial score (nSPS) is 15.9. The molecule has 0 rings (SSSR count). The first-order chi connectivity index (χ1) is 14.9. The Balaban J connectivity index is 4.22. The lowest BCUT2D eigenvalue weighted by atomic mass is 9.89. The van der Waals surface area contributed by atoms with E-state index < -0.39 is 11.7 Å². The Morgan fingerprint density at radius 3 is 1.53 bits per heavy atom. The number of rotatable bonds is 16. The second-order valence-corrected chi connectivity index (χ2v) is 10.3. The van der Waals surface area contributed by atoms with Crippen LogP contribution < -0.4 is 0 Å². The molecule has 0 aliphatic rings. The van der Waals surface area contributed by atoms with Crippen LogP contribution >= 0.6 is 0 Å². The molecule has 0 bridgehead atoms. The summed E-state index contributed by atoms with van der Waals surface area (Å²) in [7, 11) is 0. The molecule has 0 spiro atoms. The van der Waals surface area contributed by atoms with Gasteiger partial charge in [-0.1, -0.05) is 58.2 Å². The van der Waals surface area contributed by atoms with E-state index in [9.17, 15) is 10.2 Å². The Morgan fingerprint density at radius 2 is 1.03 bits per heavy atom. The van der Waals surface area contributed by atoms with E-state index in [-0.39, 0.29) is 0 Å². The van der Waals surface area contributed by atoms with Crippen LogP contribution in [-0.2, 0) is 0 Å². The van der Waals surface area contributed by atoms with E-state index in [1.807, 2.05) is 0 Å². The average Bonchev–Trinajstić information content (AvgIpc) is 2.68. The van der Waals surface area contributed by atoms with E-state index >= 15 is 0 Å². The molecule has 2 nitrogen and oxygen atoms in total. The van der Waals surface area contributed by atoms with Crippen LogP contribution in [0, 0.1) is 0 Å². The molecule has 0 saturated heterocycles. The maximum atomic E-state index is 10.5. The van der Waals surface area contributed by atoms with Gasteiger partial charge in [0.05, 0.1) is 11.7 Å². The minimum absolute atomic E-state index is 0.594. The molecule has 0 aromatic rings. The fourth-order valence-electron chi connectivity index (χ4n) is 3.60. The van der Waals surface area contributed by atoms with E-state index in [1.165, 1.54) is 27.9 Å². The number of allylic oxidation sites excluding steroid dienone is 10. The second kappa shape index (κ2) is 17.1. The Morgan fingerprint density at radius 1 is 0.625 bits per heavy atom. The molecule has 0 aliphatic carbocycles. The van der Waals surface area contributed by atoms with Crippen molar-refractivity contribution in [1.82, 2.24) is 0 Å². The van der Waals surface area contributed by atoms with Crippen LogP contribution in [0.2, 0.25) is 0 Å². The van der Waals surface area contributed by atoms with Crippen molar-refractivity contribution in [2.75, 3.05) is 0 Å². The van der Waals surface area contributed by atoms with Crippen LogP contribution in [0.4, 0.5) is 0 Å². The Kier molecular flexibility index (Phi) is 16.4. The Bertz CT molecular complexity index is 663. The first-order valence-corrected chi connectivity index (χ1v) is 12.6. The zero-order valence-electron chi connectivity index (χ0n) is 22.4. The van der Waals surface area contributed by atoms with Crippen molar-refractivity contribution in [1.29, 1.82) is 0 Å². The molecule has 2 N–H and O–H groups in total. The van der Waals surface area contributed by atoms with Gasteiger partial charge in [-0.15, -0.1) is 0 Å². The highest BCUT2D eigenvalue weighted by Crippen LogP contribution is 2.23. The minimum atomic E-state index is -1.02. The molecule has 0 saturated carbocycles. The number of hydrogen-bond donors (Lipinski definition) is 2.